The molecule has 9 nitrogen and oxygen atoms in total. The molecule has 2 fully saturated rings. The van der Waals surface area contributed by atoms with E-state index in [1.807, 2.05) is 24.3 Å². The molecule has 0 aliphatic carbocycles. The fraction of sp³-hybridized carbons (Fsp3) is 0.556. The first-order chi connectivity index (χ1) is 13.8. The molecule has 1 unspecified atom stereocenters. The van der Waals surface area contributed by atoms with Crippen molar-refractivity contribution < 1.29 is 23.4 Å². The van der Waals surface area contributed by atoms with E-state index in [-0.39, 0.29) is 25.0 Å². The molecule has 2 aliphatic heterocycles. The van der Waals surface area contributed by atoms with Gasteiger partial charge in [-0.25, -0.2) is 4.98 Å². The molecular formula is C18H24N4O5S2. The third-order valence-electron chi connectivity index (χ3n) is 5.70. The number of hydrogen-bond donors (Lipinski definition) is 2. The molecular weight excluding hydrogens is 416 g/mol. The molecule has 11 heteroatoms. The van der Waals surface area contributed by atoms with Gasteiger partial charge in [0, 0.05) is 20.1 Å². The SMILES string of the molecule is C[C@@H]1C(=O)N(c2nc3ccccc3s2)[C@H]2CCN(S(=O)(=O)N(C)CC(O)CO)[C@H]12. The minimum absolute atomic E-state index is 0.128. The lowest BCUT2D eigenvalue weighted by molar-refractivity contribution is -0.120. The molecule has 2 saturated heterocycles. The molecule has 0 bridgehead atoms. The van der Waals surface area contributed by atoms with Crippen molar-refractivity contribution in [2.75, 3.05) is 31.6 Å². The Hall–Kier alpha value is -1.63. The third kappa shape index (κ3) is 3.35. The first-order valence-electron chi connectivity index (χ1n) is 9.46. The van der Waals surface area contributed by atoms with Crippen LogP contribution in [0.15, 0.2) is 24.3 Å². The lowest BCUT2D eigenvalue weighted by atomic mass is 10.0. The van der Waals surface area contributed by atoms with Gasteiger partial charge in [-0.2, -0.15) is 17.0 Å². The zero-order valence-corrected chi connectivity index (χ0v) is 17.8. The second kappa shape index (κ2) is 7.56. The summed E-state index contributed by atoms with van der Waals surface area (Å²) in [5, 5.41) is 19.2. The van der Waals surface area contributed by atoms with Gasteiger partial charge < -0.3 is 10.2 Å². The van der Waals surface area contributed by atoms with E-state index in [9.17, 15) is 18.3 Å². The molecule has 4 atom stereocenters. The average Bonchev–Trinajstić information content (AvgIpc) is 3.36. The predicted molar refractivity (Wildman–Crippen MR) is 110 cm³/mol. The first kappa shape index (κ1) is 20.6. The van der Waals surface area contributed by atoms with E-state index in [0.29, 0.717) is 11.6 Å². The van der Waals surface area contributed by atoms with Gasteiger partial charge in [0.1, 0.15) is 0 Å². The van der Waals surface area contributed by atoms with Crippen molar-refractivity contribution in [1.82, 2.24) is 13.6 Å². The number of carbonyl (C=O) groups is 1. The molecule has 3 heterocycles. The molecule has 2 N–H and O–H groups in total. The van der Waals surface area contributed by atoms with Crippen LogP contribution in [0, 0.1) is 5.92 Å². The summed E-state index contributed by atoms with van der Waals surface area (Å²) >= 11 is 1.43. The van der Waals surface area contributed by atoms with Crippen molar-refractivity contribution in [2.24, 2.45) is 5.92 Å². The van der Waals surface area contributed by atoms with Gasteiger partial charge in [-0.15, -0.1) is 0 Å². The predicted octanol–water partition coefficient (Wildman–Crippen LogP) is 0.252. The van der Waals surface area contributed by atoms with Crippen LogP contribution in [0.25, 0.3) is 10.2 Å². The Kier molecular flexibility index (Phi) is 5.38. The summed E-state index contributed by atoms with van der Waals surface area (Å²) in [6, 6.07) is 6.89. The van der Waals surface area contributed by atoms with Crippen molar-refractivity contribution in [3.05, 3.63) is 24.3 Å². The fourth-order valence-corrected chi connectivity index (χ4v) is 6.98. The van der Waals surface area contributed by atoms with Gasteiger partial charge in [0.05, 0.1) is 40.9 Å². The van der Waals surface area contributed by atoms with Crippen molar-refractivity contribution in [3.8, 4) is 0 Å². The number of benzene rings is 1. The topological polar surface area (TPSA) is 114 Å². The normalized spacial score (nSPS) is 26.6. The summed E-state index contributed by atoms with van der Waals surface area (Å²) in [6.07, 6.45) is -0.637. The largest absolute Gasteiger partial charge is 0.394 e. The van der Waals surface area contributed by atoms with Gasteiger partial charge in [0.2, 0.25) is 5.91 Å². The highest BCUT2D eigenvalue weighted by Gasteiger charge is 2.56. The van der Waals surface area contributed by atoms with E-state index in [0.717, 1.165) is 14.5 Å². The van der Waals surface area contributed by atoms with Crippen LogP contribution in [-0.4, -0.2) is 83.1 Å². The number of aromatic nitrogens is 1. The molecule has 1 aromatic carbocycles. The number of thiazole rings is 1. The van der Waals surface area contributed by atoms with Crippen LogP contribution in [-0.2, 0) is 15.0 Å². The van der Waals surface area contributed by atoms with Crippen LogP contribution >= 0.6 is 11.3 Å². The molecule has 2 aromatic rings. The zero-order chi connectivity index (χ0) is 20.9. The van der Waals surface area contributed by atoms with E-state index < -0.39 is 34.9 Å². The zero-order valence-electron chi connectivity index (χ0n) is 16.2. The summed E-state index contributed by atoms with van der Waals surface area (Å²) in [5.74, 6) is -0.627. The highest BCUT2D eigenvalue weighted by atomic mass is 32.2. The van der Waals surface area contributed by atoms with Crippen molar-refractivity contribution >= 4 is 42.8 Å². The third-order valence-corrected chi connectivity index (χ3v) is 8.69. The number of aliphatic hydroxyl groups is 2. The van der Waals surface area contributed by atoms with Gasteiger partial charge in [0.15, 0.2) is 5.13 Å². The van der Waals surface area contributed by atoms with E-state index in [2.05, 4.69) is 4.98 Å². The van der Waals surface area contributed by atoms with Gasteiger partial charge in [-0.05, 0) is 18.6 Å². The Labute approximate surface area is 173 Å². The highest BCUT2D eigenvalue weighted by Crippen LogP contribution is 2.42. The number of carbonyl (C=O) groups excluding carboxylic acids is 1. The van der Waals surface area contributed by atoms with Crippen molar-refractivity contribution in [3.63, 3.8) is 0 Å². The van der Waals surface area contributed by atoms with E-state index >= 15 is 0 Å². The number of para-hydroxylation sites is 1. The lowest BCUT2D eigenvalue weighted by Gasteiger charge is -2.30. The molecule has 29 heavy (non-hydrogen) atoms. The van der Waals surface area contributed by atoms with Gasteiger partial charge in [-0.3, -0.25) is 9.69 Å². The molecule has 1 amide bonds. The van der Waals surface area contributed by atoms with Crippen LogP contribution in [0.3, 0.4) is 0 Å². The molecule has 0 spiro atoms. The van der Waals surface area contributed by atoms with E-state index in [1.165, 1.54) is 22.7 Å². The Balaban J connectivity index is 1.63. The number of aliphatic hydroxyl groups excluding tert-OH is 2. The Morgan fingerprint density at radius 2 is 2.10 bits per heavy atom. The summed E-state index contributed by atoms with van der Waals surface area (Å²) in [6.45, 7) is 1.31. The number of hydrogen-bond acceptors (Lipinski definition) is 7. The number of fused-ring (bicyclic) bond motifs is 2. The number of anilines is 1. The van der Waals surface area contributed by atoms with Crippen LogP contribution < -0.4 is 4.90 Å². The maximum absolute atomic E-state index is 13.1. The fourth-order valence-electron chi connectivity index (χ4n) is 4.26. The lowest BCUT2D eigenvalue weighted by Crippen LogP contribution is -2.49. The molecule has 0 radical (unpaired) electrons. The van der Waals surface area contributed by atoms with Crippen LogP contribution in [0.1, 0.15) is 13.3 Å². The average molecular weight is 441 g/mol. The summed E-state index contributed by atoms with van der Waals surface area (Å²) in [4.78, 5) is 19.3. The van der Waals surface area contributed by atoms with Gasteiger partial charge in [-0.1, -0.05) is 30.4 Å². The second-order valence-corrected chi connectivity index (χ2v) is 10.5. The highest BCUT2D eigenvalue weighted by molar-refractivity contribution is 7.86. The standard InChI is InChI=1S/C18H24N4O5S2/c1-11-16-14(7-8-21(16)29(26,27)20(2)9-12(24)10-23)22(17(11)25)18-19-13-5-3-4-6-15(13)28-18/h3-6,11-12,14,16,23-24H,7-10H2,1-2H3/t11-,12?,14-,16+/m0/s1. The first-order valence-corrected chi connectivity index (χ1v) is 11.7. The van der Waals surface area contributed by atoms with E-state index in [1.54, 1.807) is 11.8 Å². The maximum atomic E-state index is 13.1. The Morgan fingerprint density at radius 1 is 1.38 bits per heavy atom. The van der Waals surface area contributed by atoms with Crippen LogP contribution in [0.4, 0.5) is 5.13 Å². The van der Waals surface area contributed by atoms with Crippen LogP contribution in [0.5, 0.6) is 0 Å². The maximum Gasteiger partial charge on any atom is 0.282 e. The summed E-state index contributed by atoms with van der Waals surface area (Å²) < 4.78 is 29.5. The summed E-state index contributed by atoms with van der Waals surface area (Å²) in [5.41, 5.74) is 0.816. The van der Waals surface area contributed by atoms with Crippen molar-refractivity contribution in [1.29, 1.82) is 0 Å². The number of nitrogens with zero attached hydrogens (tertiary/aromatic N) is 4. The van der Waals surface area contributed by atoms with Gasteiger partial charge >= 0.3 is 0 Å². The molecule has 1 aromatic heterocycles. The smallest absolute Gasteiger partial charge is 0.282 e. The summed E-state index contributed by atoms with van der Waals surface area (Å²) in [7, 11) is -2.52. The molecule has 158 valence electrons. The quantitative estimate of drug-likeness (QED) is 0.666. The number of amides is 1. The Morgan fingerprint density at radius 3 is 2.79 bits per heavy atom. The molecule has 4 rings (SSSR count). The minimum Gasteiger partial charge on any atom is -0.394 e. The minimum atomic E-state index is -3.88. The number of rotatable bonds is 6. The molecule has 2 aliphatic rings. The van der Waals surface area contributed by atoms with Gasteiger partial charge in [0.25, 0.3) is 10.2 Å². The molecule has 0 saturated carbocycles. The van der Waals surface area contributed by atoms with Crippen LogP contribution in [0.2, 0.25) is 0 Å². The second-order valence-electron chi connectivity index (χ2n) is 7.54. The number of likely N-dealkylation sites (N-methyl/N-ethyl adjacent to an activating group) is 1. The van der Waals surface area contributed by atoms with E-state index in [4.69, 9.17) is 5.11 Å². The monoisotopic (exact) mass is 440 g/mol. The van der Waals surface area contributed by atoms with Crippen molar-refractivity contribution in [2.45, 2.75) is 31.5 Å². The Bertz CT molecular complexity index is 993.